The summed E-state index contributed by atoms with van der Waals surface area (Å²) in [7, 11) is 1.55. The van der Waals surface area contributed by atoms with E-state index >= 15 is 0 Å². The Kier molecular flexibility index (Phi) is 4.91. The third-order valence-electron chi connectivity index (χ3n) is 3.48. The molecule has 0 fully saturated rings. The minimum atomic E-state index is -0.157. The number of carbonyl (C=O) groups excluding carboxylic acids is 1. The van der Waals surface area contributed by atoms with Gasteiger partial charge in [-0.25, -0.2) is 4.98 Å². The average molecular weight is 339 g/mol. The molecule has 0 aliphatic carbocycles. The maximum atomic E-state index is 12.7. The molecule has 0 unspecified atom stereocenters. The van der Waals surface area contributed by atoms with E-state index in [0.717, 1.165) is 10.4 Å². The van der Waals surface area contributed by atoms with Crippen LogP contribution in [0, 0.1) is 6.92 Å². The fraction of sp³-hybridized carbons (Fsp3) is 0.158. The summed E-state index contributed by atoms with van der Waals surface area (Å²) in [5, 5.41) is 0.450. The van der Waals surface area contributed by atoms with Gasteiger partial charge in [0.05, 0.1) is 12.7 Å². The Labute approximate surface area is 144 Å². The number of hydrogen-bond acceptors (Lipinski definition) is 5. The van der Waals surface area contributed by atoms with Crippen molar-refractivity contribution in [2.75, 3.05) is 7.11 Å². The van der Waals surface area contributed by atoms with Gasteiger partial charge in [0.1, 0.15) is 18.1 Å². The molecule has 0 radical (unpaired) electrons. The van der Waals surface area contributed by atoms with Gasteiger partial charge in [-0.05, 0) is 30.7 Å². The predicted octanol–water partition coefficient (Wildman–Crippen LogP) is 4.27. The van der Waals surface area contributed by atoms with Gasteiger partial charge < -0.3 is 9.47 Å². The number of carbonyl (C=O) groups is 1. The Morgan fingerprint density at radius 3 is 2.62 bits per heavy atom. The molecular weight excluding hydrogens is 322 g/mol. The van der Waals surface area contributed by atoms with E-state index in [1.807, 2.05) is 37.3 Å². The number of methoxy groups -OCH3 is 1. The lowest BCUT2D eigenvalue weighted by Crippen LogP contribution is -2.04. The number of ether oxygens (including phenoxy) is 2. The lowest BCUT2D eigenvalue weighted by molar-refractivity contribution is 0.103. The summed E-state index contributed by atoms with van der Waals surface area (Å²) in [6, 6.07) is 15.1. The SMILES string of the molecule is COc1ccc(OCc2ccccc2)cc1C(=O)c1ncc(C)s1. The molecule has 5 heteroatoms. The molecule has 0 N–H and O–H groups in total. The van der Waals surface area contributed by atoms with Gasteiger partial charge in [-0.3, -0.25) is 4.79 Å². The van der Waals surface area contributed by atoms with Crippen LogP contribution in [0.15, 0.2) is 54.7 Å². The number of aryl methyl sites for hydroxylation is 1. The highest BCUT2D eigenvalue weighted by Gasteiger charge is 2.18. The molecule has 1 aromatic heterocycles. The molecule has 0 spiro atoms. The highest BCUT2D eigenvalue weighted by atomic mass is 32.1. The molecule has 0 amide bonds. The van der Waals surface area contributed by atoms with E-state index in [-0.39, 0.29) is 5.78 Å². The third kappa shape index (κ3) is 3.63. The maximum absolute atomic E-state index is 12.7. The monoisotopic (exact) mass is 339 g/mol. The fourth-order valence-corrected chi connectivity index (χ4v) is 2.99. The highest BCUT2D eigenvalue weighted by Crippen LogP contribution is 2.28. The van der Waals surface area contributed by atoms with Gasteiger partial charge in [-0.2, -0.15) is 0 Å². The Morgan fingerprint density at radius 2 is 1.96 bits per heavy atom. The first kappa shape index (κ1) is 16.2. The lowest BCUT2D eigenvalue weighted by atomic mass is 10.1. The van der Waals surface area contributed by atoms with E-state index in [9.17, 15) is 4.79 Å². The van der Waals surface area contributed by atoms with Crippen LogP contribution in [-0.4, -0.2) is 17.9 Å². The summed E-state index contributed by atoms with van der Waals surface area (Å²) in [5.41, 5.74) is 1.52. The third-order valence-corrected chi connectivity index (χ3v) is 4.39. The van der Waals surface area contributed by atoms with Gasteiger partial charge in [0.15, 0.2) is 5.01 Å². The minimum Gasteiger partial charge on any atom is -0.496 e. The molecule has 0 aliphatic heterocycles. The molecule has 0 saturated heterocycles. The standard InChI is InChI=1S/C19H17NO3S/c1-13-11-20-19(24-13)18(21)16-10-15(8-9-17(16)22-2)23-12-14-6-4-3-5-7-14/h3-11H,12H2,1-2H3. The summed E-state index contributed by atoms with van der Waals surface area (Å²) in [5.74, 6) is 0.978. The van der Waals surface area contributed by atoms with Crippen molar-refractivity contribution in [3.05, 3.63) is 75.7 Å². The van der Waals surface area contributed by atoms with Crippen LogP contribution in [-0.2, 0) is 6.61 Å². The molecule has 0 aliphatic rings. The van der Waals surface area contributed by atoms with E-state index in [1.165, 1.54) is 11.3 Å². The van der Waals surface area contributed by atoms with Crippen LogP contribution in [0.3, 0.4) is 0 Å². The number of rotatable bonds is 6. The number of thiazole rings is 1. The summed E-state index contributed by atoms with van der Waals surface area (Å²) in [6.45, 7) is 2.36. The Balaban J connectivity index is 1.84. The average Bonchev–Trinajstić information content (AvgIpc) is 3.06. The number of benzene rings is 2. The topological polar surface area (TPSA) is 48.4 Å². The molecule has 0 saturated carbocycles. The van der Waals surface area contributed by atoms with Crippen LogP contribution in [0.4, 0.5) is 0 Å². The van der Waals surface area contributed by atoms with E-state index in [1.54, 1.807) is 31.5 Å². The van der Waals surface area contributed by atoms with Crippen LogP contribution in [0.2, 0.25) is 0 Å². The van der Waals surface area contributed by atoms with Crippen LogP contribution in [0.5, 0.6) is 11.5 Å². The second-order valence-electron chi connectivity index (χ2n) is 5.24. The van der Waals surface area contributed by atoms with Crippen molar-refractivity contribution in [2.45, 2.75) is 13.5 Å². The van der Waals surface area contributed by atoms with Crippen molar-refractivity contribution in [2.24, 2.45) is 0 Å². The van der Waals surface area contributed by atoms with Gasteiger partial charge in [0.2, 0.25) is 5.78 Å². The smallest absolute Gasteiger partial charge is 0.225 e. The fourth-order valence-electron chi connectivity index (χ4n) is 2.27. The molecule has 0 bridgehead atoms. The molecule has 0 atom stereocenters. The summed E-state index contributed by atoms with van der Waals surface area (Å²) < 4.78 is 11.1. The summed E-state index contributed by atoms with van der Waals surface area (Å²) >= 11 is 1.37. The molecule has 1 heterocycles. The molecule has 4 nitrogen and oxygen atoms in total. The van der Waals surface area contributed by atoms with Gasteiger partial charge in [0.25, 0.3) is 0 Å². The number of nitrogens with zero attached hydrogens (tertiary/aromatic N) is 1. The summed E-state index contributed by atoms with van der Waals surface area (Å²) in [4.78, 5) is 17.8. The molecular formula is C19H17NO3S. The van der Waals surface area contributed by atoms with Crippen molar-refractivity contribution < 1.29 is 14.3 Å². The Bertz CT molecular complexity index is 843. The van der Waals surface area contributed by atoms with E-state index in [0.29, 0.717) is 28.7 Å². The highest BCUT2D eigenvalue weighted by molar-refractivity contribution is 7.13. The first-order valence-corrected chi connectivity index (χ1v) is 8.31. The van der Waals surface area contributed by atoms with Crippen molar-refractivity contribution in [3.63, 3.8) is 0 Å². The normalized spacial score (nSPS) is 10.4. The van der Waals surface area contributed by atoms with Crippen LogP contribution >= 0.6 is 11.3 Å². The number of aromatic nitrogens is 1. The van der Waals surface area contributed by atoms with Crippen LogP contribution in [0.1, 0.15) is 25.8 Å². The quantitative estimate of drug-likeness (QED) is 0.629. The Hall–Kier alpha value is -2.66. The largest absolute Gasteiger partial charge is 0.496 e. The van der Waals surface area contributed by atoms with Crippen molar-refractivity contribution >= 4 is 17.1 Å². The van der Waals surface area contributed by atoms with Crippen LogP contribution in [0.25, 0.3) is 0 Å². The van der Waals surface area contributed by atoms with Crippen molar-refractivity contribution in [1.82, 2.24) is 4.98 Å². The molecule has 122 valence electrons. The first-order valence-electron chi connectivity index (χ1n) is 7.49. The molecule has 3 rings (SSSR count). The van der Waals surface area contributed by atoms with Crippen LogP contribution < -0.4 is 9.47 Å². The van der Waals surface area contributed by atoms with E-state index < -0.39 is 0 Å². The maximum Gasteiger partial charge on any atom is 0.225 e. The molecule has 3 aromatic rings. The van der Waals surface area contributed by atoms with E-state index in [4.69, 9.17) is 9.47 Å². The molecule has 2 aromatic carbocycles. The first-order chi connectivity index (χ1) is 11.7. The zero-order valence-electron chi connectivity index (χ0n) is 13.5. The number of hydrogen-bond donors (Lipinski definition) is 0. The zero-order chi connectivity index (χ0) is 16.9. The van der Waals surface area contributed by atoms with E-state index in [2.05, 4.69) is 4.98 Å². The van der Waals surface area contributed by atoms with Gasteiger partial charge in [0, 0.05) is 11.1 Å². The minimum absolute atomic E-state index is 0.157. The lowest BCUT2D eigenvalue weighted by Gasteiger charge is -2.11. The second-order valence-corrected chi connectivity index (χ2v) is 6.48. The molecule has 24 heavy (non-hydrogen) atoms. The number of ketones is 1. The Morgan fingerprint density at radius 1 is 1.17 bits per heavy atom. The summed E-state index contributed by atoms with van der Waals surface area (Å²) in [6.07, 6.45) is 1.69. The van der Waals surface area contributed by atoms with Crippen molar-refractivity contribution in [1.29, 1.82) is 0 Å². The van der Waals surface area contributed by atoms with Gasteiger partial charge >= 0.3 is 0 Å². The van der Waals surface area contributed by atoms with Gasteiger partial charge in [-0.15, -0.1) is 11.3 Å². The second kappa shape index (κ2) is 7.27. The van der Waals surface area contributed by atoms with Gasteiger partial charge in [-0.1, -0.05) is 30.3 Å². The van der Waals surface area contributed by atoms with Crippen molar-refractivity contribution in [3.8, 4) is 11.5 Å². The zero-order valence-corrected chi connectivity index (χ0v) is 14.3. The predicted molar refractivity (Wildman–Crippen MR) is 94.1 cm³/mol.